The normalized spacial score (nSPS) is 20.2. The molecule has 0 bridgehead atoms. The highest BCUT2D eigenvalue weighted by Crippen LogP contribution is 2.27. The van der Waals surface area contributed by atoms with Crippen molar-refractivity contribution in [3.8, 4) is 0 Å². The molecule has 1 N–H and O–H groups in total. The van der Waals surface area contributed by atoms with Crippen molar-refractivity contribution in [2.45, 2.75) is 12.0 Å². The van der Waals surface area contributed by atoms with Crippen molar-refractivity contribution in [1.82, 2.24) is 4.90 Å². The molecule has 13 heavy (non-hydrogen) atoms. The summed E-state index contributed by atoms with van der Waals surface area (Å²) in [5.41, 5.74) is -1.96. The fourth-order valence-corrected chi connectivity index (χ4v) is 1.57. The number of carbonyl (C=O) groups excluding carboxylic acids is 1. The fraction of sp³-hybridized carbons (Fsp3) is 0.857. The molecule has 3 nitrogen and oxygen atoms in total. The molecule has 1 aliphatic rings. The highest BCUT2D eigenvalue weighted by atomic mass is 32.2. The van der Waals surface area contributed by atoms with Gasteiger partial charge in [-0.05, 0) is 6.26 Å². The van der Waals surface area contributed by atoms with E-state index in [2.05, 4.69) is 0 Å². The maximum atomic E-state index is 12.1. The van der Waals surface area contributed by atoms with Gasteiger partial charge in [0.15, 0.2) is 5.60 Å². The molecule has 0 unspecified atom stereocenters. The standard InChI is InChI=1S/C7H11F2NO2S/c1-13-2-5(11)10-3-7(12,4-10)6(8)9/h6,12H,2-4H2,1H3. The lowest BCUT2D eigenvalue weighted by molar-refractivity contribution is -0.187. The van der Waals surface area contributed by atoms with E-state index in [4.69, 9.17) is 5.11 Å². The van der Waals surface area contributed by atoms with Crippen LogP contribution in [0.2, 0.25) is 0 Å². The second-order valence-corrected chi connectivity index (χ2v) is 3.95. The quantitative estimate of drug-likeness (QED) is 0.724. The van der Waals surface area contributed by atoms with Crippen LogP contribution in [0.1, 0.15) is 0 Å². The van der Waals surface area contributed by atoms with E-state index >= 15 is 0 Å². The Kier molecular flexibility index (Phi) is 3.13. The second-order valence-electron chi connectivity index (χ2n) is 3.09. The predicted octanol–water partition coefficient (Wildman–Crippen LogP) is 0.188. The largest absolute Gasteiger partial charge is 0.380 e. The molecule has 0 aliphatic carbocycles. The van der Waals surface area contributed by atoms with Gasteiger partial charge in [-0.15, -0.1) is 0 Å². The molecule has 0 aromatic rings. The van der Waals surface area contributed by atoms with Gasteiger partial charge in [0, 0.05) is 0 Å². The van der Waals surface area contributed by atoms with Crippen molar-refractivity contribution < 1.29 is 18.7 Å². The van der Waals surface area contributed by atoms with Crippen LogP contribution in [0.4, 0.5) is 8.78 Å². The van der Waals surface area contributed by atoms with Gasteiger partial charge in [0.2, 0.25) is 5.91 Å². The zero-order valence-electron chi connectivity index (χ0n) is 7.17. The Balaban J connectivity index is 2.36. The molecule has 0 atom stereocenters. The van der Waals surface area contributed by atoms with E-state index in [1.54, 1.807) is 6.26 Å². The fourth-order valence-electron chi connectivity index (χ4n) is 1.14. The summed E-state index contributed by atoms with van der Waals surface area (Å²) in [6.45, 7) is -0.492. The minimum absolute atomic E-state index is 0.196. The number of alkyl halides is 2. The average molecular weight is 211 g/mol. The number of amides is 1. The van der Waals surface area contributed by atoms with Crippen molar-refractivity contribution in [1.29, 1.82) is 0 Å². The molecule has 1 heterocycles. The summed E-state index contributed by atoms with van der Waals surface area (Å²) in [6, 6.07) is 0. The Morgan fingerprint density at radius 1 is 1.69 bits per heavy atom. The molecular weight excluding hydrogens is 200 g/mol. The number of hydrogen-bond donors (Lipinski definition) is 1. The SMILES string of the molecule is CSCC(=O)N1CC(O)(C(F)F)C1. The number of carbonyl (C=O) groups is 1. The molecule has 0 aromatic heterocycles. The first kappa shape index (κ1) is 10.7. The van der Waals surface area contributed by atoms with E-state index in [9.17, 15) is 13.6 Å². The van der Waals surface area contributed by atoms with E-state index in [1.807, 2.05) is 0 Å². The number of likely N-dealkylation sites (tertiary alicyclic amines) is 1. The van der Waals surface area contributed by atoms with Crippen molar-refractivity contribution in [3.05, 3.63) is 0 Å². The van der Waals surface area contributed by atoms with Crippen LogP contribution in [0, 0.1) is 0 Å². The summed E-state index contributed by atoms with van der Waals surface area (Å²) in [5, 5.41) is 9.12. The van der Waals surface area contributed by atoms with Gasteiger partial charge in [0.05, 0.1) is 18.8 Å². The zero-order chi connectivity index (χ0) is 10.1. The van der Waals surface area contributed by atoms with Gasteiger partial charge in [-0.1, -0.05) is 0 Å². The van der Waals surface area contributed by atoms with Crippen LogP contribution >= 0.6 is 11.8 Å². The summed E-state index contributed by atoms with van der Waals surface area (Å²) >= 11 is 1.34. The summed E-state index contributed by atoms with van der Waals surface area (Å²) in [7, 11) is 0. The smallest absolute Gasteiger partial charge is 0.270 e. The van der Waals surface area contributed by atoms with Crippen molar-refractivity contribution >= 4 is 17.7 Å². The molecule has 1 saturated heterocycles. The number of hydrogen-bond acceptors (Lipinski definition) is 3. The molecule has 0 aromatic carbocycles. The van der Waals surface area contributed by atoms with Gasteiger partial charge in [0.25, 0.3) is 6.43 Å². The average Bonchev–Trinajstić information content (AvgIpc) is 1.98. The Morgan fingerprint density at radius 2 is 2.23 bits per heavy atom. The Labute approximate surface area is 79.1 Å². The third-order valence-corrected chi connectivity index (χ3v) is 2.49. The van der Waals surface area contributed by atoms with Crippen LogP contribution in [-0.2, 0) is 4.79 Å². The first-order valence-electron chi connectivity index (χ1n) is 3.77. The van der Waals surface area contributed by atoms with E-state index in [0.29, 0.717) is 0 Å². The minimum Gasteiger partial charge on any atom is -0.380 e. The van der Waals surface area contributed by atoms with Crippen LogP contribution in [0.5, 0.6) is 0 Å². The number of aliphatic hydroxyl groups is 1. The molecule has 1 aliphatic heterocycles. The first-order valence-corrected chi connectivity index (χ1v) is 5.16. The molecule has 1 amide bonds. The lowest BCUT2D eigenvalue weighted by Gasteiger charge is -2.45. The lowest BCUT2D eigenvalue weighted by Crippen LogP contribution is -2.67. The van der Waals surface area contributed by atoms with Gasteiger partial charge in [-0.2, -0.15) is 11.8 Å². The maximum Gasteiger partial charge on any atom is 0.270 e. The number of halogens is 2. The van der Waals surface area contributed by atoms with E-state index < -0.39 is 12.0 Å². The van der Waals surface area contributed by atoms with Crippen LogP contribution in [0.3, 0.4) is 0 Å². The van der Waals surface area contributed by atoms with Gasteiger partial charge >= 0.3 is 0 Å². The third kappa shape index (κ3) is 2.11. The maximum absolute atomic E-state index is 12.1. The molecule has 1 rings (SSSR count). The minimum atomic E-state index is -2.77. The van der Waals surface area contributed by atoms with Crippen LogP contribution in [-0.4, -0.2) is 53.0 Å². The van der Waals surface area contributed by atoms with E-state index in [1.165, 1.54) is 16.7 Å². The third-order valence-electron chi connectivity index (χ3n) is 1.96. The van der Waals surface area contributed by atoms with Crippen LogP contribution < -0.4 is 0 Å². The van der Waals surface area contributed by atoms with Crippen molar-refractivity contribution in [3.63, 3.8) is 0 Å². The molecule has 1 fully saturated rings. The molecule has 76 valence electrons. The van der Waals surface area contributed by atoms with E-state index in [0.717, 1.165) is 0 Å². The number of rotatable bonds is 3. The van der Waals surface area contributed by atoms with Gasteiger partial charge in [-0.25, -0.2) is 8.78 Å². The van der Waals surface area contributed by atoms with Crippen LogP contribution in [0.25, 0.3) is 0 Å². The molecule has 0 radical (unpaired) electrons. The monoisotopic (exact) mass is 211 g/mol. The lowest BCUT2D eigenvalue weighted by atomic mass is 9.95. The number of β-amino-alcohol motifs (C(OH)–C–C–N with tert-alkyl or cyclic N) is 1. The Hall–Kier alpha value is -0.360. The zero-order valence-corrected chi connectivity index (χ0v) is 7.98. The molecular formula is C7H11F2NO2S. The highest BCUT2D eigenvalue weighted by Gasteiger charge is 2.50. The van der Waals surface area contributed by atoms with Crippen molar-refractivity contribution in [2.24, 2.45) is 0 Å². The van der Waals surface area contributed by atoms with Gasteiger partial charge in [0.1, 0.15) is 0 Å². The summed E-state index contributed by atoms with van der Waals surface area (Å²) < 4.78 is 24.2. The summed E-state index contributed by atoms with van der Waals surface area (Å²) in [4.78, 5) is 12.3. The second kappa shape index (κ2) is 3.79. The molecule has 0 spiro atoms. The number of nitrogens with zero attached hydrogens (tertiary/aromatic N) is 1. The summed E-state index contributed by atoms with van der Waals surface area (Å²) in [5.74, 6) is 0.0806. The first-order chi connectivity index (χ1) is 5.99. The topological polar surface area (TPSA) is 40.5 Å². The Morgan fingerprint density at radius 3 is 2.62 bits per heavy atom. The van der Waals surface area contributed by atoms with Crippen LogP contribution in [0.15, 0.2) is 0 Å². The highest BCUT2D eigenvalue weighted by molar-refractivity contribution is 7.99. The van der Waals surface area contributed by atoms with Gasteiger partial charge in [-0.3, -0.25) is 4.79 Å². The van der Waals surface area contributed by atoms with E-state index in [-0.39, 0.29) is 24.7 Å². The van der Waals surface area contributed by atoms with Gasteiger partial charge < -0.3 is 10.0 Å². The van der Waals surface area contributed by atoms with Crippen molar-refractivity contribution in [2.75, 3.05) is 25.1 Å². The predicted molar refractivity (Wildman–Crippen MR) is 45.9 cm³/mol. The summed E-state index contributed by atoms with van der Waals surface area (Å²) in [6.07, 6.45) is -1.01. The number of thioether (sulfide) groups is 1. The molecule has 0 saturated carbocycles. The molecule has 6 heteroatoms. The Bertz CT molecular complexity index is 207.